The van der Waals surface area contributed by atoms with Gasteiger partial charge < -0.3 is 24.6 Å². The number of fused-ring (bicyclic) bond motifs is 1. The fourth-order valence-corrected chi connectivity index (χ4v) is 4.93. The van der Waals surface area contributed by atoms with Gasteiger partial charge >= 0.3 is 12.2 Å². The van der Waals surface area contributed by atoms with Crippen molar-refractivity contribution in [2.75, 3.05) is 50.1 Å². The zero-order valence-electron chi connectivity index (χ0n) is 24.5. The summed E-state index contributed by atoms with van der Waals surface area (Å²) in [6.45, 7) is 13.5. The van der Waals surface area contributed by atoms with Crippen LogP contribution >= 0.6 is 0 Å². The van der Waals surface area contributed by atoms with Gasteiger partial charge in [-0.3, -0.25) is 19.8 Å². The number of benzene rings is 1. The molecule has 1 aromatic heterocycles. The fourth-order valence-electron chi connectivity index (χ4n) is 4.93. The van der Waals surface area contributed by atoms with Gasteiger partial charge in [-0.05, 0) is 60.7 Å². The predicted octanol–water partition coefficient (Wildman–Crippen LogP) is 3.79. The molecule has 3 heterocycles. The van der Waals surface area contributed by atoms with E-state index in [4.69, 9.17) is 9.47 Å². The lowest BCUT2D eigenvalue weighted by molar-refractivity contribution is -0.385. The number of anilines is 2. The summed E-state index contributed by atoms with van der Waals surface area (Å²) in [6.07, 6.45) is -1.42. The maximum absolute atomic E-state index is 13.5. The van der Waals surface area contributed by atoms with Gasteiger partial charge in [0.05, 0.1) is 29.3 Å². The third-order valence-electron chi connectivity index (χ3n) is 7.13. The topological polar surface area (TPSA) is 152 Å². The summed E-state index contributed by atoms with van der Waals surface area (Å²) in [7, 11) is 2.01. The second-order valence-electron chi connectivity index (χ2n) is 11.6. The second-order valence-corrected chi connectivity index (χ2v) is 11.6. The van der Waals surface area contributed by atoms with Crippen LogP contribution in [0, 0.1) is 10.1 Å². The summed E-state index contributed by atoms with van der Waals surface area (Å²) in [5.74, 6) is -0.830. The van der Waals surface area contributed by atoms with Crippen LogP contribution in [-0.2, 0) is 21.6 Å². The smallest absolute Gasteiger partial charge is 0.436 e. The lowest BCUT2D eigenvalue weighted by Gasteiger charge is -2.34. The molecule has 41 heavy (non-hydrogen) atoms. The summed E-state index contributed by atoms with van der Waals surface area (Å²) in [5.41, 5.74) is -0.873. The third kappa shape index (κ3) is 5.97. The monoisotopic (exact) mass is 571 g/mol. The summed E-state index contributed by atoms with van der Waals surface area (Å²) >= 11 is 0. The summed E-state index contributed by atoms with van der Waals surface area (Å²) in [4.78, 5) is 56.5. The van der Waals surface area contributed by atoms with Crippen LogP contribution in [-0.4, -0.2) is 88.0 Å². The number of carbonyl (C=O) groups excluding carboxylic acids is 3. The maximum Gasteiger partial charge on any atom is 0.436 e. The van der Waals surface area contributed by atoms with Crippen LogP contribution in [0.15, 0.2) is 18.2 Å². The highest BCUT2D eigenvalue weighted by Crippen LogP contribution is 2.42. The average molecular weight is 572 g/mol. The molecule has 0 spiro atoms. The number of nitrogens with one attached hydrogen (secondary N) is 1. The molecule has 1 N–H and O–H groups in total. The van der Waals surface area contributed by atoms with Gasteiger partial charge in [-0.15, -0.1) is 4.68 Å². The molecule has 0 unspecified atom stereocenters. The Labute approximate surface area is 238 Å². The van der Waals surface area contributed by atoms with Gasteiger partial charge in [-0.25, -0.2) is 9.59 Å². The van der Waals surface area contributed by atoms with Crippen molar-refractivity contribution in [2.45, 2.75) is 59.2 Å². The Morgan fingerprint density at radius 1 is 1.12 bits per heavy atom. The van der Waals surface area contributed by atoms with E-state index in [9.17, 15) is 24.5 Å². The molecular weight excluding hydrogens is 534 g/mol. The molecule has 1 aromatic carbocycles. The number of piperazine rings is 1. The average Bonchev–Trinajstić information content (AvgIpc) is 3.37. The SMILES string of the molecule is CCOC(=O)n1nc2c(c1NC(=O)c1ccc(N3CCN(C)CC3)cc1[N+](=O)[O-])CN(C(=O)OC(C)(C)C)C2(C)C. The Morgan fingerprint density at radius 2 is 1.78 bits per heavy atom. The second kappa shape index (κ2) is 11.0. The van der Waals surface area contributed by atoms with Gasteiger partial charge in [0.1, 0.15) is 17.0 Å². The molecule has 2 amide bonds. The largest absolute Gasteiger partial charge is 0.448 e. The molecule has 14 nitrogen and oxygen atoms in total. The van der Waals surface area contributed by atoms with Crippen LogP contribution in [0.2, 0.25) is 0 Å². The minimum atomic E-state index is -0.995. The Kier molecular flexibility index (Phi) is 7.98. The standard InChI is InChI=1S/C27H37N7O7/c1-8-40-25(37)33-22(19-16-32(24(36)41-26(2,3)4)27(5,6)21(19)29-33)28-23(35)18-10-9-17(15-20(18)34(38)39)31-13-11-30(7)12-14-31/h9-10,15H,8,11-14,16H2,1-7H3,(H,28,35). The highest BCUT2D eigenvalue weighted by molar-refractivity contribution is 6.08. The molecule has 0 atom stereocenters. The summed E-state index contributed by atoms with van der Waals surface area (Å²) < 4.78 is 11.6. The van der Waals surface area contributed by atoms with Crippen LogP contribution in [0.1, 0.15) is 63.2 Å². The number of hydrogen-bond acceptors (Lipinski definition) is 10. The van der Waals surface area contributed by atoms with Gasteiger partial charge in [0.15, 0.2) is 0 Å². The van der Waals surface area contributed by atoms with Crippen molar-refractivity contribution in [1.29, 1.82) is 0 Å². The molecule has 0 bridgehead atoms. The Balaban J connectivity index is 1.69. The Morgan fingerprint density at radius 3 is 2.37 bits per heavy atom. The van der Waals surface area contributed by atoms with Gasteiger partial charge in [-0.1, -0.05) is 0 Å². The number of nitro benzene ring substituents is 1. The number of nitro groups is 1. The van der Waals surface area contributed by atoms with Crippen LogP contribution in [0.3, 0.4) is 0 Å². The molecule has 222 valence electrons. The molecule has 0 saturated carbocycles. The number of rotatable bonds is 5. The van der Waals surface area contributed by atoms with Crippen LogP contribution < -0.4 is 10.2 Å². The zero-order chi connectivity index (χ0) is 30.3. The molecule has 0 aliphatic carbocycles. The number of hydrogen-bond donors (Lipinski definition) is 1. The minimum absolute atomic E-state index is 0.0172. The number of amides is 2. The first-order valence-corrected chi connectivity index (χ1v) is 13.5. The van der Waals surface area contributed by atoms with Crippen molar-refractivity contribution in [2.24, 2.45) is 0 Å². The number of carbonyl (C=O) groups is 3. The molecular formula is C27H37N7O7. The van der Waals surface area contributed by atoms with E-state index >= 15 is 0 Å². The van der Waals surface area contributed by atoms with E-state index < -0.39 is 34.2 Å². The molecule has 4 rings (SSSR count). The van der Waals surface area contributed by atoms with Crippen LogP contribution in [0.5, 0.6) is 0 Å². The normalized spacial score (nSPS) is 16.8. The van der Waals surface area contributed by atoms with E-state index in [2.05, 4.69) is 15.3 Å². The van der Waals surface area contributed by atoms with Crippen LogP contribution in [0.4, 0.5) is 26.8 Å². The van der Waals surface area contributed by atoms with Crippen molar-refractivity contribution >= 4 is 35.3 Å². The number of ether oxygens (including phenoxy) is 2. The first-order valence-electron chi connectivity index (χ1n) is 13.5. The van der Waals surface area contributed by atoms with E-state index in [1.165, 1.54) is 17.0 Å². The molecule has 2 aromatic rings. The highest BCUT2D eigenvalue weighted by Gasteiger charge is 2.47. The van der Waals surface area contributed by atoms with E-state index in [0.717, 1.165) is 17.8 Å². The maximum atomic E-state index is 13.5. The minimum Gasteiger partial charge on any atom is -0.448 e. The van der Waals surface area contributed by atoms with Crippen LogP contribution in [0.25, 0.3) is 0 Å². The summed E-state index contributed by atoms with van der Waals surface area (Å²) in [5, 5.41) is 19.1. The van der Waals surface area contributed by atoms with Gasteiger partial charge in [-0.2, -0.15) is 5.10 Å². The molecule has 1 fully saturated rings. The lowest BCUT2D eigenvalue weighted by atomic mass is 10.0. The molecule has 1 saturated heterocycles. The summed E-state index contributed by atoms with van der Waals surface area (Å²) in [6, 6.07) is 4.47. The van der Waals surface area contributed by atoms with Gasteiger partial charge in [0, 0.05) is 43.5 Å². The quantitative estimate of drug-likeness (QED) is 0.414. The fraction of sp³-hybridized carbons (Fsp3) is 0.556. The number of aromatic nitrogens is 2. The Bertz CT molecular complexity index is 1370. The van der Waals surface area contributed by atoms with Gasteiger partial charge in [0.25, 0.3) is 11.6 Å². The third-order valence-corrected chi connectivity index (χ3v) is 7.13. The molecule has 0 radical (unpaired) electrons. The van der Waals surface area contributed by atoms with E-state index in [-0.39, 0.29) is 30.2 Å². The van der Waals surface area contributed by atoms with Crippen molar-refractivity contribution in [1.82, 2.24) is 19.6 Å². The van der Waals surface area contributed by atoms with E-state index in [1.807, 2.05) is 11.9 Å². The Hall–Kier alpha value is -4.20. The predicted molar refractivity (Wildman–Crippen MR) is 150 cm³/mol. The van der Waals surface area contributed by atoms with Crippen molar-refractivity contribution in [3.8, 4) is 0 Å². The van der Waals surface area contributed by atoms with Gasteiger partial charge in [0.2, 0.25) is 0 Å². The first-order chi connectivity index (χ1) is 19.1. The zero-order valence-corrected chi connectivity index (χ0v) is 24.5. The van der Waals surface area contributed by atoms with Crippen molar-refractivity contribution < 1.29 is 28.8 Å². The lowest BCUT2D eigenvalue weighted by Crippen LogP contribution is -2.44. The molecule has 14 heteroatoms. The number of likely N-dealkylation sites (N-methyl/N-ethyl adjacent to an activating group) is 1. The van der Waals surface area contributed by atoms with E-state index in [0.29, 0.717) is 30.0 Å². The first kappa shape index (κ1) is 29.8. The van der Waals surface area contributed by atoms with Crippen molar-refractivity contribution in [3.05, 3.63) is 45.1 Å². The van der Waals surface area contributed by atoms with E-state index in [1.54, 1.807) is 47.6 Å². The van der Waals surface area contributed by atoms with Crippen molar-refractivity contribution in [3.63, 3.8) is 0 Å². The number of nitrogens with zero attached hydrogens (tertiary/aromatic N) is 6. The molecule has 2 aliphatic rings. The molecule has 2 aliphatic heterocycles. The highest BCUT2D eigenvalue weighted by atomic mass is 16.6.